The number of ether oxygens (including phenoxy) is 1. The number of benzene rings is 2. The van der Waals surface area contributed by atoms with Gasteiger partial charge in [-0.3, -0.25) is 5.10 Å². The summed E-state index contributed by atoms with van der Waals surface area (Å²) in [6.45, 7) is 5.89. The summed E-state index contributed by atoms with van der Waals surface area (Å²) in [5, 5.41) is 24.2. The highest BCUT2D eigenvalue weighted by Crippen LogP contribution is 2.26. The number of nitrogens with zero attached hydrogens (tertiary/aromatic N) is 1. The molecule has 0 bridgehead atoms. The van der Waals surface area contributed by atoms with Crippen LogP contribution in [0.15, 0.2) is 48.5 Å². The standard InChI is InChI=1S/C24H30N4O4/c1-24(2,3)32-23(31)25-13-7-6-10-19(26-22(29)30)21-15-20(27-28-21)18-12-11-16-8-4-5-9-17(16)14-18/h4-5,8-9,11-12,14-15,19,26H,6-7,10,13H2,1-3H3,(H,25,31)(H,27,28)(H,29,30). The van der Waals surface area contributed by atoms with Gasteiger partial charge in [0.05, 0.1) is 17.4 Å². The van der Waals surface area contributed by atoms with Crippen LogP contribution in [0.25, 0.3) is 22.0 Å². The maximum atomic E-state index is 11.7. The molecule has 8 heteroatoms. The normalized spacial score (nSPS) is 12.3. The number of fused-ring (bicyclic) bond motifs is 1. The summed E-state index contributed by atoms with van der Waals surface area (Å²) in [5.41, 5.74) is 1.91. The number of alkyl carbamates (subject to hydrolysis) is 1. The van der Waals surface area contributed by atoms with Crippen LogP contribution in [0.4, 0.5) is 9.59 Å². The van der Waals surface area contributed by atoms with Crippen LogP contribution >= 0.6 is 0 Å². The lowest BCUT2D eigenvalue weighted by Gasteiger charge is -2.19. The lowest BCUT2D eigenvalue weighted by Crippen LogP contribution is -2.33. The van der Waals surface area contributed by atoms with E-state index in [4.69, 9.17) is 4.74 Å². The number of nitrogens with one attached hydrogen (secondary N) is 3. The molecule has 0 aliphatic rings. The quantitative estimate of drug-likeness (QED) is 0.359. The number of carbonyl (C=O) groups is 2. The molecule has 0 radical (unpaired) electrons. The fourth-order valence-corrected chi connectivity index (χ4v) is 3.44. The Morgan fingerprint density at radius 1 is 1.09 bits per heavy atom. The van der Waals surface area contributed by atoms with Crippen LogP contribution in [0.1, 0.15) is 51.8 Å². The predicted molar refractivity (Wildman–Crippen MR) is 124 cm³/mol. The van der Waals surface area contributed by atoms with Crippen LogP contribution in [-0.4, -0.2) is 39.6 Å². The van der Waals surface area contributed by atoms with Crippen LogP contribution in [0.3, 0.4) is 0 Å². The van der Waals surface area contributed by atoms with Crippen LogP contribution in [0, 0.1) is 0 Å². The molecule has 170 valence electrons. The van der Waals surface area contributed by atoms with Crippen LogP contribution < -0.4 is 10.6 Å². The third-order valence-electron chi connectivity index (χ3n) is 4.90. The van der Waals surface area contributed by atoms with Crippen molar-refractivity contribution in [3.63, 3.8) is 0 Å². The highest BCUT2D eigenvalue weighted by Gasteiger charge is 2.18. The fourth-order valence-electron chi connectivity index (χ4n) is 3.44. The molecule has 0 spiro atoms. The largest absolute Gasteiger partial charge is 0.465 e. The molecule has 3 rings (SSSR count). The Bertz CT molecular complexity index is 1070. The average molecular weight is 439 g/mol. The molecular formula is C24H30N4O4. The van der Waals surface area contributed by atoms with Crippen molar-refractivity contribution in [3.8, 4) is 11.3 Å². The van der Waals surface area contributed by atoms with Crippen LogP contribution in [0.5, 0.6) is 0 Å². The number of carboxylic acid groups (broad SMARTS) is 1. The lowest BCUT2D eigenvalue weighted by atomic mass is 10.0. The SMILES string of the molecule is CC(C)(C)OC(=O)NCCCCC(NC(=O)O)c1cc(-c2ccc3ccccc3c2)[nH]n1. The van der Waals surface area contributed by atoms with Gasteiger partial charge in [-0.05, 0) is 62.9 Å². The predicted octanol–water partition coefficient (Wildman–Crippen LogP) is 5.23. The Labute approximate surface area is 187 Å². The van der Waals surface area contributed by atoms with E-state index in [2.05, 4.69) is 45.1 Å². The summed E-state index contributed by atoms with van der Waals surface area (Å²) >= 11 is 0. The van der Waals surface area contributed by atoms with Gasteiger partial charge in [-0.15, -0.1) is 0 Å². The summed E-state index contributed by atoms with van der Waals surface area (Å²) < 4.78 is 5.20. The summed E-state index contributed by atoms with van der Waals surface area (Å²) in [6.07, 6.45) is 0.407. The van der Waals surface area contributed by atoms with Crippen molar-refractivity contribution in [3.05, 3.63) is 54.2 Å². The second kappa shape index (κ2) is 10.2. The molecule has 0 fully saturated rings. The third kappa shape index (κ3) is 6.73. The molecule has 3 aromatic rings. The Morgan fingerprint density at radius 3 is 2.56 bits per heavy atom. The van der Waals surface area contributed by atoms with Gasteiger partial charge < -0.3 is 20.5 Å². The second-order valence-corrected chi connectivity index (χ2v) is 8.69. The third-order valence-corrected chi connectivity index (χ3v) is 4.90. The van der Waals surface area contributed by atoms with E-state index in [0.717, 1.165) is 22.0 Å². The van der Waals surface area contributed by atoms with Crippen molar-refractivity contribution in [2.75, 3.05) is 6.54 Å². The van der Waals surface area contributed by atoms with E-state index in [1.807, 2.05) is 45.0 Å². The lowest BCUT2D eigenvalue weighted by molar-refractivity contribution is 0.0527. The van der Waals surface area contributed by atoms with Gasteiger partial charge in [0, 0.05) is 12.1 Å². The molecule has 2 aromatic carbocycles. The molecule has 0 saturated heterocycles. The molecule has 8 nitrogen and oxygen atoms in total. The van der Waals surface area contributed by atoms with E-state index in [0.29, 0.717) is 31.5 Å². The highest BCUT2D eigenvalue weighted by molar-refractivity contribution is 5.86. The average Bonchev–Trinajstić information content (AvgIpc) is 3.21. The van der Waals surface area contributed by atoms with E-state index >= 15 is 0 Å². The van der Waals surface area contributed by atoms with Gasteiger partial charge in [0.1, 0.15) is 5.60 Å². The zero-order valence-corrected chi connectivity index (χ0v) is 18.6. The van der Waals surface area contributed by atoms with Crippen molar-refractivity contribution in [1.29, 1.82) is 0 Å². The first kappa shape index (κ1) is 23.1. The van der Waals surface area contributed by atoms with Crippen molar-refractivity contribution in [1.82, 2.24) is 20.8 Å². The zero-order valence-electron chi connectivity index (χ0n) is 18.6. The maximum Gasteiger partial charge on any atom is 0.407 e. The monoisotopic (exact) mass is 438 g/mol. The van der Waals surface area contributed by atoms with Gasteiger partial charge in [-0.25, -0.2) is 9.59 Å². The van der Waals surface area contributed by atoms with Crippen molar-refractivity contribution in [2.45, 2.75) is 51.7 Å². The molecular weight excluding hydrogens is 408 g/mol. The molecule has 1 atom stereocenters. The number of carbonyl (C=O) groups excluding carboxylic acids is 1. The molecule has 2 amide bonds. The molecule has 0 aliphatic heterocycles. The summed E-state index contributed by atoms with van der Waals surface area (Å²) in [4.78, 5) is 23.0. The number of unbranched alkanes of at least 4 members (excludes halogenated alkanes) is 1. The smallest absolute Gasteiger partial charge is 0.407 e. The molecule has 1 heterocycles. The number of aromatic amines is 1. The molecule has 32 heavy (non-hydrogen) atoms. The number of rotatable bonds is 8. The van der Waals surface area contributed by atoms with Crippen molar-refractivity contribution in [2.24, 2.45) is 0 Å². The highest BCUT2D eigenvalue weighted by atomic mass is 16.6. The van der Waals surface area contributed by atoms with Gasteiger partial charge in [0.25, 0.3) is 0 Å². The van der Waals surface area contributed by atoms with Crippen LogP contribution in [0.2, 0.25) is 0 Å². The number of hydrogen-bond acceptors (Lipinski definition) is 4. The molecule has 0 aliphatic carbocycles. The van der Waals surface area contributed by atoms with E-state index < -0.39 is 23.8 Å². The second-order valence-electron chi connectivity index (χ2n) is 8.69. The fraction of sp³-hybridized carbons (Fsp3) is 0.375. The summed E-state index contributed by atoms with van der Waals surface area (Å²) in [5.74, 6) is 0. The Hall–Kier alpha value is -3.55. The van der Waals surface area contributed by atoms with E-state index in [1.165, 1.54) is 0 Å². The van der Waals surface area contributed by atoms with Gasteiger partial charge in [-0.2, -0.15) is 5.10 Å². The zero-order chi connectivity index (χ0) is 23.1. The minimum atomic E-state index is -1.10. The minimum absolute atomic E-state index is 0.445. The van der Waals surface area contributed by atoms with Gasteiger partial charge in [0.15, 0.2) is 0 Å². The first-order chi connectivity index (χ1) is 15.2. The van der Waals surface area contributed by atoms with E-state index in [9.17, 15) is 14.7 Å². The van der Waals surface area contributed by atoms with Gasteiger partial charge >= 0.3 is 12.2 Å². The van der Waals surface area contributed by atoms with Gasteiger partial charge in [0.2, 0.25) is 0 Å². The number of hydrogen-bond donors (Lipinski definition) is 4. The van der Waals surface area contributed by atoms with E-state index in [1.54, 1.807) is 0 Å². The first-order valence-corrected chi connectivity index (χ1v) is 10.7. The van der Waals surface area contributed by atoms with Crippen molar-refractivity contribution < 1.29 is 19.4 Å². The molecule has 1 unspecified atom stereocenters. The van der Waals surface area contributed by atoms with Gasteiger partial charge in [-0.1, -0.05) is 36.4 Å². The first-order valence-electron chi connectivity index (χ1n) is 10.7. The maximum absolute atomic E-state index is 11.7. The van der Waals surface area contributed by atoms with Crippen molar-refractivity contribution >= 4 is 23.0 Å². The molecule has 1 aromatic heterocycles. The van der Waals surface area contributed by atoms with E-state index in [-0.39, 0.29) is 0 Å². The molecule has 4 N–H and O–H groups in total. The van der Waals surface area contributed by atoms with Crippen LogP contribution in [-0.2, 0) is 4.74 Å². The Balaban J connectivity index is 1.59. The number of amides is 2. The summed E-state index contributed by atoms with van der Waals surface area (Å²) in [7, 11) is 0. The Morgan fingerprint density at radius 2 is 1.84 bits per heavy atom. The summed E-state index contributed by atoms with van der Waals surface area (Å²) in [6, 6.07) is 15.7. The minimum Gasteiger partial charge on any atom is -0.465 e. The topological polar surface area (TPSA) is 116 Å². The number of H-pyrrole nitrogens is 1. The number of aromatic nitrogens is 2. The Kier molecular flexibility index (Phi) is 7.35. The molecule has 0 saturated carbocycles.